The van der Waals surface area contributed by atoms with Crippen LogP contribution in [0.1, 0.15) is 42.5 Å². The van der Waals surface area contributed by atoms with Crippen molar-refractivity contribution in [3.8, 4) is 5.75 Å². The van der Waals surface area contributed by atoms with Gasteiger partial charge in [0, 0.05) is 17.6 Å². The number of nitrogens with zero attached hydrogens (tertiary/aromatic N) is 1. The van der Waals surface area contributed by atoms with Crippen LogP contribution in [0.3, 0.4) is 0 Å². The van der Waals surface area contributed by atoms with Crippen LogP contribution in [0.4, 0.5) is 0 Å². The number of carbonyl (C=O) groups is 1. The monoisotopic (exact) mass is 326 g/mol. The second-order valence-corrected chi connectivity index (χ2v) is 6.09. The van der Waals surface area contributed by atoms with E-state index in [9.17, 15) is 4.79 Å². The summed E-state index contributed by atoms with van der Waals surface area (Å²) in [7, 11) is 5.84. The van der Waals surface area contributed by atoms with Crippen LogP contribution >= 0.6 is 12.4 Å². The molecule has 0 saturated heterocycles. The minimum absolute atomic E-state index is 0. The normalized spacial score (nSPS) is 16.7. The van der Waals surface area contributed by atoms with Crippen molar-refractivity contribution in [1.82, 2.24) is 10.2 Å². The molecule has 22 heavy (non-hydrogen) atoms. The molecule has 5 heteroatoms. The van der Waals surface area contributed by atoms with Crippen molar-refractivity contribution in [3.63, 3.8) is 0 Å². The molecule has 1 fully saturated rings. The van der Waals surface area contributed by atoms with Crippen molar-refractivity contribution in [2.45, 2.75) is 37.6 Å². The Bertz CT molecular complexity index is 485. The molecular weight excluding hydrogens is 300 g/mol. The van der Waals surface area contributed by atoms with Crippen LogP contribution in [0, 0.1) is 0 Å². The summed E-state index contributed by atoms with van der Waals surface area (Å²) < 4.78 is 5.17. The number of rotatable bonds is 5. The van der Waals surface area contributed by atoms with Crippen LogP contribution in [0.15, 0.2) is 24.3 Å². The van der Waals surface area contributed by atoms with E-state index < -0.39 is 0 Å². The van der Waals surface area contributed by atoms with Gasteiger partial charge in [0.1, 0.15) is 5.75 Å². The fraction of sp³-hybridized carbons (Fsp3) is 0.588. The number of halogens is 1. The van der Waals surface area contributed by atoms with Gasteiger partial charge in [0.2, 0.25) is 0 Å². The molecule has 0 unspecified atom stereocenters. The van der Waals surface area contributed by atoms with Crippen LogP contribution in [-0.2, 0) is 0 Å². The van der Waals surface area contributed by atoms with Gasteiger partial charge in [-0.1, -0.05) is 25.3 Å². The molecule has 2 rings (SSSR count). The molecule has 4 nitrogen and oxygen atoms in total. The standard InChI is InChI=1S/C17H26N2O2.ClH/c1-19(2)17(10-5-4-6-11-17)13-18-16(20)14-8-7-9-15(12-14)21-3;/h7-9,12H,4-6,10-11,13H2,1-3H3,(H,18,20);1H. The minimum Gasteiger partial charge on any atom is -0.497 e. The summed E-state index contributed by atoms with van der Waals surface area (Å²) in [6.45, 7) is 0.704. The lowest BCUT2D eigenvalue weighted by atomic mass is 9.80. The third-order valence-corrected chi connectivity index (χ3v) is 4.64. The molecule has 0 aromatic heterocycles. The van der Waals surface area contributed by atoms with Crippen molar-refractivity contribution in [2.75, 3.05) is 27.7 Å². The third-order valence-electron chi connectivity index (χ3n) is 4.64. The maximum Gasteiger partial charge on any atom is 0.251 e. The summed E-state index contributed by atoms with van der Waals surface area (Å²) in [5.41, 5.74) is 0.756. The Morgan fingerprint density at radius 3 is 2.55 bits per heavy atom. The van der Waals surface area contributed by atoms with Crippen molar-refractivity contribution in [1.29, 1.82) is 0 Å². The molecule has 0 radical (unpaired) electrons. The lowest BCUT2D eigenvalue weighted by Crippen LogP contribution is -2.53. The highest BCUT2D eigenvalue weighted by molar-refractivity contribution is 5.94. The number of likely N-dealkylation sites (N-methyl/N-ethyl adjacent to an activating group) is 1. The fourth-order valence-corrected chi connectivity index (χ4v) is 3.10. The van der Waals surface area contributed by atoms with E-state index in [1.165, 1.54) is 19.3 Å². The Kier molecular flexibility index (Phi) is 7.17. The number of hydrogen-bond acceptors (Lipinski definition) is 3. The quantitative estimate of drug-likeness (QED) is 0.904. The number of methoxy groups -OCH3 is 1. The van der Waals surface area contributed by atoms with E-state index in [4.69, 9.17) is 4.74 Å². The van der Waals surface area contributed by atoms with E-state index in [0.29, 0.717) is 17.9 Å². The number of nitrogens with one attached hydrogen (secondary N) is 1. The molecule has 0 aliphatic heterocycles. The Hall–Kier alpha value is -1.26. The first-order valence-corrected chi connectivity index (χ1v) is 7.67. The van der Waals surface area contributed by atoms with Gasteiger partial charge in [0.15, 0.2) is 0 Å². The van der Waals surface area contributed by atoms with Gasteiger partial charge in [-0.15, -0.1) is 12.4 Å². The van der Waals surface area contributed by atoms with E-state index >= 15 is 0 Å². The van der Waals surface area contributed by atoms with Crippen LogP contribution in [0.25, 0.3) is 0 Å². The summed E-state index contributed by atoms with van der Waals surface area (Å²) in [6.07, 6.45) is 6.09. The highest BCUT2D eigenvalue weighted by atomic mass is 35.5. The molecule has 0 atom stereocenters. The molecule has 124 valence electrons. The lowest BCUT2D eigenvalue weighted by molar-refractivity contribution is 0.0799. The van der Waals surface area contributed by atoms with Crippen molar-refractivity contribution in [2.24, 2.45) is 0 Å². The van der Waals surface area contributed by atoms with Gasteiger partial charge in [-0.2, -0.15) is 0 Å². The number of benzene rings is 1. The van der Waals surface area contributed by atoms with Crippen LogP contribution in [-0.4, -0.2) is 44.1 Å². The van der Waals surface area contributed by atoms with Crippen molar-refractivity contribution in [3.05, 3.63) is 29.8 Å². The predicted octanol–water partition coefficient (Wildman–Crippen LogP) is 3.11. The molecule has 1 aliphatic rings. The maximum absolute atomic E-state index is 12.3. The molecule has 1 saturated carbocycles. The topological polar surface area (TPSA) is 41.6 Å². The van der Waals surface area contributed by atoms with Gasteiger partial charge in [0.25, 0.3) is 5.91 Å². The van der Waals surface area contributed by atoms with Crippen molar-refractivity contribution >= 4 is 18.3 Å². The summed E-state index contributed by atoms with van der Waals surface area (Å²) in [5.74, 6) is 0.684. The molecule has 0 bridgehead atoms. The minimum atomic E-state index is -0.0271. The SMILES string of the molecule is COc1cccc(C(=O)NCC2(N(C)C)CCCCC2)c1.Cl. The first-order chi connectivity index (χ1) is 10.1. The van der Waals surface area contributed by atoms with E-state index in [2.05, 4.69) is 24.3 Å². The number of amides is 1. The van der Waals surface area contributed by atoms with Crippen molar-refractivity contribution < 1.29 is 9.53 Å². The summed E-state index contributed by atoms with van der Waals surface area (Å²) in [5, 5.41) is 3.11. The third kappa shape index (κ3) is 4.37. The van der Waals surface area contributed by atoms with E-state index in [-0.39, 0.29) is 23.9 Å². The second-order valence-electron chi connectivity index (χ2n) is 6.09. The van der Waals surface area contributed by atoms with Gasteiger partial charge < -0.3 is 15.0 Å². The number of carbonyl (C=O) groups excluding carboxylic acids is 1. The highest BCUT2D eigenvalue weighted by Gasteiger charge is 2.34. The van der Waals surface area contributed by atoms with Gasteiger partial charge >= 0.3 is 0 Å². The van der Waals surface area contributed by atoms with E-state index in [1.807, 2.05) is 18.2 Å². The van der Waals surface area contributed by atoms with Gasteiger partial charge in [0.05, 0.1) is 7.11 Å². The zero-order chi connectivity index (χ0) is 15.3. The Morgan fingerprint density at radius 2 is 1.95 bits per heavy atom. The second kappa shape index (κ2) is 8.39. The van der Waals surface area contributed by atoms with Gasteiger partial charge in [-0.05, 0) is 45.1 Å². The predicted molar refractivity (Wildman–Crippen MR) is 92.1 cm³/mol. The fourth-order valence-electron chi connectivity index (χ4n) is 3.10. The average molecular weight is 327 g/mol. The summed E-state index contributed by atoms with van der Waals surface area (Å²) in [6, 6.07) is 7.29. The smallest absolute Gasteiger partial charge is 0.251 e. The van der Waals surface area contributed by atoms with E-state index in [0.717, 1.165) is 12.8 Å². The first kappa shape index (κ1) is 18.8. The van der Waals surface area contributed by atoms with Crippen LogP contribution < -0.4 is 10.1 Å². The Balaban J connectivity index is 0.00000242. The molecule has 1 N–H and O–H groups in total. The van der Waals surface area contributed by atoms with Crippen LogP contribution in [0.5, 0.6) is 5.75 Å². The highest BCUT2D eigenvalue weighted by Crippen LogP contribution is 2.31. The Morgan fingerprint density at radius 1 is 1.27 bits per heavy atom. The molecule has 1 amide bonds. The molecule has 1 aromatic carbocycles. The zero-order valence-electron chi connectivity index (χ0n) is 13.7. The zero-order valence-corrected chi connectivity index (χ0v) is 14.5. The van der Waals surface area contributed by atoms with E-state index in [1.54, 1.807) is 13.2 Å². The molecule has 1 aliphatic carbocycles. The number of hydrogen-bond donors (Lipinski definition) is 1. The first-order valence-electron chi connectivity index (χ1n) is 7.67. The molecule has 0 spiro atoms. The molecule has 1 aromatic rings. The molecule has 0 heterocycles. The summed E-state index contributed by atoms with van der Waals surface area (Å²) in [4.78, 5) is 14.6. The lowest BCUT2D eigenvalue weighted by Gasteiger charge is -2.43. The Labute approximate surface area is 139 Å². The molecular formula is C17H27ClN2O2. The summed E-state index contributed by atoms with van der Waals surface area (Å²) >= 11 is 0. The van der Waals surface area contributed by atoms with Crippen LogP contribution in [0.2, 0.25) is 0 Å². The largest absolute Gasteiger partial charge is 0.497 e. The average Bonchev–Trinajstić information content (AvgIpc) is 2.53. The van der Waals surface area contributed by atoms with Gasteiger partial charge in [-0.25, -0.2) is 0 Å². The van der Waals surface area contributed by atoms with Gasteiger partial charge in [-0.3, -0.25) is 4.79 Å². The number of ether oxygens (including phenoxy) is 1. The maximum atomic E-state index is 12.3.